The maximum absolute atomic E-state index is 14.6. The molecule has 0 saturated carbocycles. The molecule has 0 unspecified atom stereocenters. The molecule has 0 N–H and O–H groups in total. The number of hydrogen-bond donors (Lipinski definition) is 0. The molecule has 1 aromatic heterocycles. The normalized spacial score (nSPS) is 12.6. The van der Waals surface area contributed by atoms with Crippen LogP contribution in [0.3, 0.4) is 0 Å². The van der Waals surface area contributed by atoms with E-state index in [0.717, 1.165) is 51.0 Å². The van der Waals surface area contributed by atoms with E-state index >= 15 is 0 Å². The lowest BCUT2D eigenvalue weighted by Crippen LogP contribution is -2.61. The molecule has 0 aliphatic carbocycles. The van der Waals surface area contributed by atoms with Crippen molar-refractivity contribution >= 4 is 16.9 Å². The van der Waals surface area contributed by atoms with Crippen LogP contribution in [0.25, 0.3) is 16.7 Å². The highest BCUT2D eigenvalue weighted by molar-refractivity contribution is 5.92. The molecule has 3 aromatic carbocycles. The number of nitrogens with zero attached hydrogens (tertiary/aromatic N) is 3. The van der Waals surface area contributed by atoms with E-state index in [1.54, 1.807) is 0 Å². The first-order chi connectivity index (χ1) is 18.2. The summed E-state index contributed by atoms with van der Waals surface area (Å²) in [5, 5.41) is 0. The maximum atomic E-state index is 14.6. The summed E-state index contributed by atoms with van der Waals surface area (Å²) in [6.07, 6.45) is -4.42. The standard InChI is InChI=1S/C32H37F3N3O/c1-19(2)38(20(3)4,31(39)30-23(7)15-22(6)16-24(30)8)18-29-36-27-17-21(5)9-14-28(27)37(29)26-12-10-25(11-13-26)32(33,34)35/h9-17,19-20H,18H2,1-8H3/q+1. The number of fused-ring (bicyclic) bond motifs is 1. The average molecular weight is 537 g/mol. The molecule has 0 aliphatic rings. The number of aryl methyl sites for hydroxylation is 4. The first-order valence-corrected chi connectivity index (χ1v) is 13.3. The lowest BCUT2D eigenvalue weighted by Gasteiger charge is -2.43. The molecule has 4 aromatic rings. The van der Waals surface area contributed by atoms with Gasteiger partial charge in [0.15, 0.2) is 5.82 Å². The largest absolute Gasteiger partial charge is 0.416 e. The summed E-state index contributed by atoms with van der Waals surface area (Å²) >= 11 is 0. The number of alkyl halides is 3. The predicted octanol–water partition coefficient (Wildman–Crippen LogP) is 8.25. The van der Waals surface area contributed by atoms with Gasteiger partial charge in [0.1, 0.15) is 6.54 Å². The van der Waals surface area contributed by atoms with Crippen LogP contribution in [0, 0.1) is 27.7 Å². The van der Waals surface area contributed by atoms with Gasteiger partial charge in [-0.3, -0.25) is 4.57 Å². The number of carbonyl (C=O) groups excluding carboxylic acids is 1. The van der Waals surface area contributed by atoms with Crippen molar-refractivity contribution in [3.8, 4) is 5.69 Å². The molecule has 1 heterocycles. The molecule has 0 radical (unpaired) electrons. The fourth-order valence-corrected chi connectivity index (χ4v) is 5.90. The van der Waals surface area contributed by atoms with E-state index < -0.39 is 11.7 Å². The number of halogens is 3. The highest BCUT2D eigenvalue weighted by Crippen LogP contribution is 2.34. The van der Waals surface area contributed by atoms with Gasteiger partial charge in [-0.2, -0.15) is 13.2 Å². The Morgan fingerprint density at radius 3 is 1.92 bits per heavy atom. The molecule has 4 nitrogen and oxygen atoms in total. The summed E-state index contributed by atoms with van der Waals surface area (Å²) < 4.78 is 42.0. The van der Waals surface area contributed by atoms with Gasteiger partial charge in [-0.05, 0) is 108 Å². The smallest absolute Gasteiger partial charge is 0.292 e. The maximum Gasteiger partial charge on any atom is 0.416 e. The molecule has 206 valence electrons. The van der Waals surface area contributed by atoms with Gasteiger partial charge in [-0.15, -0.1) is 0 Å². The molecule has 0 fully saturated rings. The fraction of sp³-hybridized carbons (Fsp3) is 0.375. The molecular formula is C32H37F3N3O+. The zero-order valence-electron chi connectivity index (χ0n) is 23.9. The minimum Gasteiger partial charge on any atom is -0.292 e. The van der Waals surface area contributed by atoms with E-state index in [-0.39, 0.29) is 29.0 Å². The van der Waals surface area contributed by atoms with Gasteiger partial charge in [0, 0.05) is 5.69 Å². The third-order valence-corrected chi connectivity index (χ3v) is 7.85. The topological polar surface area (TPSA) is 34.9 Å². The van der Waals surface area contributed by atoms with Crippen molar-refractivity contribution in [2.24, 2.45) is 0 Å². The van der Waals surface area contributed by atoms with Crippen molar-refractivity contribution in [1.82, 2.24) is 9.55 Å². The molecule has 0 bridgehead atoms. The first-order valence-electron chi connectivity index (χ1n) is 13.3. The molecule has 4 rings (SSSR count). The number of quaternary nitrogens is 1. The van der Waals surface area contributed by atoms with E-state index in [1.165, 1.54) is 12.1 Å². The third kappa shape index (κ3) is 5.12. The monoisotopic (exact) mass is 536 g/mol. The summed E-state index contributed by atoms with van der Waals surface area (Å²) in [7, 11) is 0. The van der Waals surface area contributed by atoms with Gasteiger partial charge in [0.2, 0.25) is 0 Å². The Labute approximate surface area is 228 Å². The number of carbonyl (C=O) groups is 1. The summed E-state index contributed by atoms with van der Waals surface area (Å²) in [5.41, 5.74) is 6.13. The predicted molar refractivity (Wildman–Crippen MR) is 150 cm³/mol. The Morgan fingerprint density at radius 2 is 1.41 bits per heavy atom. The SMILES string of the molecule is Cc1cc(C)c(C(=O)[N+](Cc2nc3cc(C)ccc3n2-c2ccc(C(F)(F)F)cc2)(C(C)C)C(C)C)c(C)c1. The van der Waals surface area contributed by atoms with Crippen molar-refractivity contribution in [3.63, 3.8) is 0 Å². The summed E-state index contributed by atoms with van der Waals surface area (Å²) in [6.45, 7) is 16.4. The molecule has 7 heteroatoms. The van der Waals surface area contributed by atoms with Crippen LogP contribution in [0.4, 0.5) is 13.2 Å². The lowest BCUT2D eigenvalue weighted by atomic mass is 9.95. The van der Waals surface area contributed by atoms with E-state index in [2.05, 4.69) is 0 Å². The number of rotatable bonds is 6. The lowest BCUT2D eigenvalue weighted by molar-refractivity contribution is -0.904. The highest BCUT2D eigenvalue weighted by atomic mass is 19.4. The van der Waals surface area contributed by atoms with Gasteiger partial charge in [0.25, 0.3) is 0 Å². The summed E-state index contributed by atoms with van der Waals surface area (Å²) in [4.78, 5) is 19.6. The van der Waals surface area contributed by atoms with Gasteiger partial charge in [-0.1, -0.05) is 23.8 Å². The van der Waals surface area contributed by atoms with Crippen LogP contribution in [-0.4, -0.2) is 32.0 Å². The Balaban J connectivity index is 1.95. The highest BCUT2D eigenvalue weighted by Gasteiger charge is 2.46. The first kappa shape index (κ1) is 28.6. The molecule has 0 spiro atoms. The van der Waals surface area contributed by atoms with E-state index in [4.69, 9.17) is 4.98 Å². The second kappa shape index (κ2) is 10.3. The van der Waals surface area contributed by atoms with Gasteiger partial charge in [-0.25, -0.2) is 14.3 Å². The third-order valence-electron chi connectivity index (χ3n) is 7.85. The van der Waals surface area contributed by atoms with Crippen molar-refractivity contribution < 1.29 is 22.4 Å². The average Bonchev–Trinajstić information content (AvgIpc) is 3.17. The van der Waals surface area contributed by atoms with Crippen LogP contribution >= 0.6 is 0 Å². The number of aromatic nitrogens is 2. The Bertz CT molecular complexity index is 1500. The van der Waals surface area contributed by atoms with Crippen LogP contribution in [0.2, 0.25) is 0 Å². The number of imidazole rings is 1. The van der Waals surface area contributed by atoms with Gasteiger partial charge >= 0.3 is 12.1 Å². The molecular weight excluding hydrogens is 499 g/mol. The fourth-order valence-electron chi connectivity index (χ4n) is 5.90. The summed E-state index contributed by atoms with van der Waals surface area (Å²) in [6, 6.07) is 14.9. The van der Waals surface area contributed by atoms with E-state index in [1.807, 2.05) is 90.3 Å². The van der Waals surface area contributed by atoms with E-state index in [9.17, 15) is 18.0 Å². The van der Waals surface area contributed by atoms with Crippen molar-refractivity contribution in [2.75, 3.05) is 0 Å². The number of benzene rings is 3. The molecule has 39 heavy (non-hydrogen) atoms. The minimum absolute atomic E-state index is 0.0252. The van der Waals surface area contributed by atoms with E-state index in [0.29, 0.717) is 11.5 Å². The van der Waals surface area contributed by atoms with Crippen LogP contribution < -0.4 is 0 Å². The van der Waals surface area contributed by atoms with Crippen LogP contribution in [0.1, 0.15) is 71.7 Å². The van der Waals surface area contributed by atoms with Crippen molar-refractivity contribution in [3.05, 3.63) is 93.8 Å². The Morgan fingerprint density at radius 1 is 0.846 bits per heavy atom. The van der Waals surface area contributed by atoms with Crippen LogP contribution in [0.5, 0.6) is 0 Å². The van der Waals surface area contributed by atoms with Crippen molar-refractivity contribution in [2.45, 2.75) is 80.2 Å². The molecule has 1 amide bonds. The molecule has 0 saturated heterocycles. The van der Waals surface area contributed by atoms with Crippen LogP contribution in [-0.2, 0) is 12.7 Å². The van der Waals surface area contributed by atoms with Gasteiger partial charge in [0.05, 0.1) is 34.2 Å². The van der Waals surface area contributed by atoms with Crippen LogP contribution in [0.15, 0.2) is 54.6 Å². The number of amides is 1. The van der Waals surface area contributed by atoms with Crippen molar-refractivity contribution in [1.29, 1.82) is 0 Å². The Kier molecular flexibility index (Phi) is 7.52. The molecule has 0 atom stereocenters. The zero-order valence-corrected chi connectivity index (χ0v) is 23.9. The molecule has 0 aliphatic heterocycles. The summed E-state index contributed by atoms with van der Waals surface area (Å²) in [5.74, 6) is 0.658. The number of hydrogen-bond acceptors (Lipinski definition) is 2. The minimum atomic E-state index is -4.42. The quantitative estimate of drug-likeness (QED) is 0.233. The second-order valence-corrected chi connectivity index (χ2v) is 11.3. The van der Waals surface area contributed by atoms with Gasteiger partial charge < -0.3 is 0 Å². The zero-order chi connectivity index (χ0) is 28.9. The second-order valence-electron chi connectivity index (χ2n) is 11.3. The Hall–Kier alpha value is -3.45.